The van der Waals surface area contributed by atoms with Crippen LogP contribution >= 0.6 is 0 Å². The van der Waals surface area contributed by atoms with E-state index in [9.17, 15) is 17.6 Å². The van der Waals surface area contributed by atoms with Gasteiger partial charge in [-0.2, -0.15) is 4.39 Å². The van der Waals surface area contributed by atoms with E-state index in [0.717, 1.165) is 6.07 Å². The van der Waals surface area contributed by atoms with Gasteiger partial charge in [-0.25, -0.2) is 13.2 Å². The second-order valence-electron chi connectivity index (χ2n) is 4.58. The van der Waals surface area contributed by atoms with Crippen LogP contribution < -0.4 is 4.74 Å². The lowest BCUT2D eigenvalue weighted by atomic mass is 10.0. The van der Waals surface area contributed by atoms with Gasteiger partial charge >= 0.3 is 0 Å². The molecule has 0 radical (unpaired) electrons. The van der Waals surface area contributed by atoms with Gasteiger partial charge in [0.2, 0.25) is 5.82 Å². The number of allylic oxidation sites excluding steroid dienone is 1. The third kappa shape index (κ3) is 2.84. The standard InChI is InChI=1S/C17H14F4O/c1-3-9-22-13-8-7-12(16(20)17(13)21)11-6-5-10(4-2)14(18)15(11)19/h3,5-9H,4H2,1-2H3. The summed E-state index contributed by atoms with van der Waals surface area (Å²) in [4.78, 5) is 0. The highest BCUT2D eigenvalue weighted by molar-refractivity contribution is 5.66. The first-order valence-corrected chi connectivity index (χ1v) is 6.74. The molecule has 0 atom stereocenters. The quantitative estimate of drug-likeness (QED) is 0.544. The number of ether oxygens (including phenoxy) is 1. The summed E-state index contributed by atoms with van der Waals surface area (Å²) in [5.41, 5.74) is -0.511. The Balaban J connectivity index is 2.55. The van der Waals surface area contributed by atoms with E-state index < -0.39 is 23.3 Å². The molecule has 0 heterocycles. The number of rotatable bonds is 4. The molecule has 0 spiro atoms. The topological polar surface area (TPSA) is 9.23 Å². The van der Waals surface area contributed by atoms with Crippen LogP contribution in [0.25, 0.3) is 11.1 Å². The van der Waals surface area contributed by atoms with Crippen molar-refractivity contribution in [2.45, 2.75) is 20.3 Å². The van der Waals surface area contributed by atoms with Crippen molar-refractivity contribution in [1.82, 2.24) is 0 Å². The lowest BCUT2D eigenvalue weighted by Crippen LogP contribution is -1.99. The van der Waals surface area contributed by atoms with Gasteiger partial charge in [0.1, 0.15) is 0 Å². The Morgan fingerprint density at radius 2 is 1.45 bits per heavy atom. The summed E-state index contributed by atoms with van der Waals surface area (Å²) < 4.78 is 60.7. The van der Waals surface area contributed by atoms with E-state index in [0.29, 0.717) is 6.42 Å². The number of aryl methyl sites for hydroxylation is 1. The fraction of sp³-hybridized carbons (Fsp3) is 0.176. The average Bonchev–Trinajstić information content (AvgIpc) is 2.52. The van der Waals surface area contributed by atoms with Gasteiger partial charge in [-0.3, -0.25) is 0 Å². The lowest BCUT2D eigenvalue weighted by molar-refractivity contribution is 0.415. The minimum absolute atomic E-state index is 0.176. The first-order valence-electron chi connectivity index (χ1n) is 6.74. The van der Waals surface area contributed by atoms with Crippen molar-refractivity contribution in [3.05, 3.63) is 65.4 Å². The Hall–Kier alpha value is -2.30. The second kappa shape index (κ2) is 6.64. The Kier molecular flexibility index (Phi) is 4.85. The maximum atomic E-state index is 14.1. The fourth-order valence-corrected chi connectivity index (χ4v) is 2.04. The molecular weight excluding hydrogens is 296 g/mol. The van der Waals surface area contributed by atoms with Crippen LogP contribution in [0.4, 0.5) is 17.6 Å². The van der Waals surface area contributed by atoms with Gasteiger partial charge in [-0.15, -0.1) is 0 Å². The molecule has 0 fully saturated rings. The highest BCUT2D eigenvalue weighted by Gasteiger charge is 2.20. The van der Waals surface area contributed by atoms with Gasteiger partial charge in [0.15, 0.2) is 23.2 Å². The molecule has 0 aliphatic carbocycles. The number of benzene rings is 2. The Morgan fingerprint density at radius 3 is 2.05 bits per heavy atom. The monoisotopic (exact) mass is 310 g/mol. The van der Waals surface area contributed by atoms with Crippen molar-refractivity contribution in [2.24, 2.45) is 0 Å². The van der Waals surface area contributed by atoms with Gasteiger partial charge in [0.25, 0.3) is 0 Å². The SMILES string of the molecule is CC=COc1ccc(-c2ccc(CC)c(F)c2F)c(F)c1F. The Labute approximate surface area is 125 Å². The number of hydrogen-bond acceptors (Lipinski definition) is 1. The van der Waals surface area contributed by atoms with Crippen molar-refractivity contribution >= 4 is 0 Å². The summed E-state index contributed by atoms with van der Waals surface area (Å²) in [5, 5.41) is 0. The first-order chi connectivity index (χ1) is 10.5. The smallest absolute Gasteiger partial charge is 0.201 e. The molecule has 116 valence electrons. The molecule has 0 N–H and O–H groups in total. The summed E-state index contributed by atoms with van der Waals surface area (Å²) in [6, 6.07) is 4.91. The molecule has 0 aliphatic heterocycles. The number of hydrogen-bond donors (Lipinski definition) is 0. The van der Waals surface area contributed by atoms with Crippen LogP contribution in [0.2, 0.25) is 0 Å². The van der Waals surface area contributed by atoms with Crippen molar-refractivity contribution in [2.75, 3.05) is 0 Å². The van der Waals surface area contributed by atoms with Crippen LogP contribution in [-0.2, 0) is 6.42 Å². The predicted octanol–water partition coefficient (Wildman–Crippen LogP) is 5.38. The molecule has 0 aromatic heterocycles. The molecule has 0 bridgehead atoms. The zero-order valence-electron chi connectivity index (χ0n) is 12.1. The van der Waals surface area contributed by atoms with E-state index in [1.54, 1.807) is 13.8 Å². The van der Waals surface area contributed by atoms with E-state index in [-0.39, 0.29) is 22.4 Å². The molecule has 5 heteroatoms. The molecule has 0 unspecified atom stereocenters. The van der Waals surface area contributed by atoms with Crippen LogP contribution in [0.3, 0.4) is 0 Å². The maximum absolute atomic E-state index is 14.1. The van der Waals surface area contributed by atoms with Gasteiger partial charge in [-0.1, -0.05) is 25.1 Å². The van der Waals surface area contributed by atoms with Crippen LogP contribution in [0, 0.1) is 23.3 Å². The molecule has 0 saturated carbocycles. The largest absolute Gasteiger partial charge is 0.462 e. The van der Waals surface area contributed by atoms with Crippen LogP contribution in [0.5, 0.6) is 5.75 Å². The van der Waals surface area contributed by atoms with Crippen molar-refractivity contribution in [3.8, 4) is 16.9 Å². The molecule has 22 heavy (non-hydrogen) atoms. The average molecular weight is 310 g/mol. The molecule has 1 nitrogen and oxygen atoms in total. The lowest BCUT2D eigenvalue weighted by Gasteiger charge is -2.10. The minimum atomic E-state index is -1.29. The van der Waals surface area contributed by atoms with Crippen molar-refractivity contribution in [3.63, 3.8) is 0 Å². The van der Waals surface area contributed by atoms with Crippen molar-refractivity contribution in [1.29, 1.82) is 0 Å². The summed E-state index contributed by atoms with van der Waals surface area (Å²) >= 11 is 0. The molecule has 2 aromatic rings. The third-order valence-electron chi connectivity index (χ3n) is 3.21. The maximum Gasteiger partial charge on any atom is 0.201 e. The summed E-state index contributed by atoms with van der Waals surface area (Å²) in [6.45, 7) is 3.32. The van der Waals surface area contributed by atoms with Crippen molar-refractivity contribution < 1.29 is 22.3 Å². The summed E-state index contributed by atoms with van der Waals surface area (Å²) in [6.07, 6.45) is 2.99. The molecule has 2 aromatic carbocycles. The molecule has 0 saturated heterocycles. The molecule has 2 rings (SSSR count). The van der Waals surface area contributed by atoms with Gasteiger partial charge in [-0.05, 0) is 31.0 Å². The van der Waals surface area contributed by atoms with Crippen LogP contribution in [-0.4, -0.2) is 0 Å². The van der Waals surface area contributed by atoms with Gasteiger partial charge < -0.3 is 4.74 Å². The van der Waals surface area contributed by atoms with E-state index in [2.05, 4.69) is 0 Å². The highest BCUT2D eigenvalue weighted by Crippen LogP contribution is 2.33. The normalized spacial score (nSPS) is 11.2. The molecular formula is C17H14F4O. The predicted molar refractivity (Wildman–Crippen MR) is 76.5 cm³/mol. The summed E-state index contributed by atoms with van der Waals surface area (Å²) in [7, 11) is 0. The van der Waals surface area contributed by atoms with Gasteiger partial charge in [0.05, 0.1) is 6.26 Å². The second-order valence-corrected chi connectivity index (χ2v) is 4.58. The highest BCUT2D eigenvalue weighted by atomic mass is 19.2. The third-order valence-corrected chi connectivity index (χ3v) is 3.21. The fourth-order valence-electron chi connectivity index (χ4n) is 2.04. The van der Waals surface area contributed by atoms with E-state index in [4.69, 9.17) is 4.74 Å². The van der Waals surface area contributed by atoms with E-state index in [1.807, 2.05) is 0 Å². The first kappa shape index (κ1) is 16.1. The Morgan fingerprint density at radius 1 is 0.864 bits per heavy atom. The minimum Gasteiger partial charge on any atom is -0.462 e. The van der Waals surface area contributed by atoms with E-state index in [1.165, 1.54) is 30.5 Å². The van der Waals surface area contributed by atoms with Crippen LogP contribution in [0.15, 0.2) is 36.6 Å². The number of halogens is 4. The zero-order valence-corrected chi connectivity index (χ0v) is 12.1. The Bertz CT molecular complexity index is 723. The zero-order chi connectivity index (χ0) is 16.3. The van der Waals surface area contributed by atoms with E-state index >= 15 is 0 Å². The van der Waals surface area contributed by atoms with Crippen LogP contribution in [0.1, 0.15) is 19.4 Å². The molecule has 0 aliphatic rings. The molecule has 0 amide bonds. The van der Waals surface area contributed by atoms with Gasteiger partial charge in [0, 0.05) is 11.1 Å². The summed E-state index contributed by atoms with van der Waals surface area (Å²) in [5.74, 6) is -5.11.